The fourth-order valence-electron chi connectivity index (χ4n) is 1.69. The Morgan fingerprint density at radius 3 is 3.15 bits per heavy atom. The predicted molar refractivity (Wildman–Crippen MR) is 79.4 cm³/mol. The molecule has 0 aliphatic carbocycles. The third kappa shape index (κ3) is 3.95. The third-order valence-electron chi connectivity index (χ3n) is 2.54. The quantitative estimate of drug-likeness (QED) is 0.827. The van der Waals surface area contributed by atoms with Crippen LogP contribution in [0.4, 0.5) is 0 Å². The summed E-state index contributed by atoms with van der Waals surface area (Å²) in [5.41, 5.74) is 5.32. The zero-order valence-corrected chi connectivity index (χ0v) is 12.0. The van der Waals surface area contributed by atoms with Crippen molar-refractivity contribution in [3.63, 3.8) is 0 Å². The van der Waals surface area contributed by atoms with Crippen LogP contribution in [-0.2, 0) is 6.54 Å². The fourth-order valence-corrected chi connectivity index (χ4v) is 2.48. The summed E-state index contributed by atoms with van der Waals surface area (Å²) in [7, 11) is 0. The zero-order chi connectivity index (χ0) is 14.4. The Hall–Kier alpha value is -2.10. The number of thiophene rings is 1. The van der Waals surface area contributed by atoms with E-state index in [1.807, 2.05) is 25.3 Å². The summed E-state index contributed by atoms with van der Waals surface area (Å²) in [6.07, 6.45) is 3.59. The Labute approximate surface area is 121 Å². The standard InChI is InChI=1S/C14H16N4OS/c1-11(10-18-9-3-8-16-18)17-14(19)13-6-5-12(20-13)4-2-7-15/h3,5-6,8-9,11H,7,10,15H2,1H3,(H,17,19). The molecule has 20 heavy (non-hydrogen) atoms. The number of amides is 1. The number of aromatic nitrogens is 2. The van der Waals surface area contributed by atoms with E-state index in [4.69, 9.17) is 5.73 Å². The van der Waals surface area contributed by atoms with Crippen LogP contribution in [0.5, 0.6) is 0 Å². The molecule has 1 unspecified atom stereocenters. The average Bonchev–Trinajstić information content (AvgIpc) is 3.07. The second kappa shape index (κ2) is 6.89. The van der Waals surface area contributed by atoms with Gasteiger partial charge in [0.2, 0.25) is 0 Å². The van der Waals surface area contributed by atoms with Crippen molar-refractivity contribution in [2.45, 2.75) is 19.5 Å². The lowest BCUT2D eigenvalue weighted by Gasteiger charge is -2.13. The highest BCUT2D eigenvalue weighted by atomic mass is 32.1. The first-order chi connectivity index (χ1) is 9.69. The molecule has 2 aromatic heterocycles. The van der Waals surface area contributed by atoms with Gasteiger partial charge in [-0.15, -0.1) is 11.3 Å². The molecule has 0 aliphatic heterocycles. The van der Waals surface area contributed by atoms with Crippen LogP contribution in [0, 0.1) is 11.8 Å². The molecular weight excluding hydrogens is 272 g/mol. The van der Waals surface area contributed by atoms with Crippen LogP contribution in [0.1, 0.15) is 21.5 Å². The minimum atomic E-state index is -0.0875. The molecule has 2 rings (SSSR count). The number of carbonyl (C=O) groups is 1. The topological polar surface area (TPSA) is 72.9 Å². The molecule has 6 heteroatoms. The highest BCUT2D eigenvalue weighted by Crippen LogP contribution is 2.15. The molecule has 0 aromatic carbocycles. The molecule has 0 spiro atoms. The van der Waals surface area contributed by atoms with Gasteiger partial charge in [-0.1, -0.05) is 11.8 Å². The SMILES string of the molecule is CC(Cn1cccn1)NC(=O)c1ccc(C#CCN)s1. The zero-order valence-electron chi connectivity index (χ0n) is 11.2. The van der Waals surface area contributed by atoms with E-state index in [9.17, 15) is 4.79 Å². The fraction of sp³-hybridized carbons (Fsp3) is 0.286. The largest absolute Gasteiger partial charge is 0.347 e. The lowest BCUT2D eigenvalue weighted by Crippen LogP contribution is -2.35. The lowest BCUT2D eigenvalue weighted by molar-refractivity contribution is 0.0940. The Bertz CT molecular complexity index is 621. The summed E-state index contributed by atoms with van der Waals surface area (Å²) < 4.78 is 1.79. The van der Waals surface area contributed by atoms with Crippen LogP contribution in [0.2, 0.25) is 0 Å². The number of nitrogens with two attached hydrogens (primary N) is 1. The van der Waals surface area contributed by atoms with Crippen LogP contribution in [0.15, 0.2) is 30.6 Å². The van der Waals surface area contributed by atoms with Crippen molar-refractivity contribution < 1.29 is 4.79 Å². The van der Waals surface area contributed by atoms with E-state index in [1.165, 1.54) is 11.3 Å². The van der Waals surface area contributed by atoms with E-state index < -0.39 is 0 Å². The Kier molecular flexibility index (Phi) is 4.93. The molecule has 0 saturated carbocycles. The molecule has 3 N–H and O–H groups in total. The number of hydrogen-bond acceptors (Lipinski definition) is 4. The van der Waals surface area contributed by atoms with E-state index in [1.54, 1.807) is 16.9 Å². The highest BCUT2D eigenvalue weighted by Gasteiger charge is 2.12. The summed E-state index contributed by atoms with van der Waals surface area (Å²) in [6, 6.07) is 5.47. The number of hydrogen-bond donors (Lipinski definition) is 2. The highest BCUT2D eigenvalue weighted by molar-refractivity contribution is 7.14. The van der Waals surface area contributed by atoms with Crippen molar-refractivity contribution in [1.82, 2.24) is 15.1 Å². The lowest BCUT2D eigenvalue weighted by atomic mass is 10.3. The van der Waals surface area contributed by atoms with E-state index in [0.717, 1.165) is 4.88 Å². The molecule has 5 nitrogen and oxygen atoms in total. The maximum absolute atomic E-state index is 12.1. The summed E-state index contributed by atoms with van der Waals surface area (Å²) in [5.74, 6) is 5.60. The Morgan fingerprint density at radius 1 is 1.60 bits per heavy atom. The first-order valence-corrected chi connectivity index (χ1v) is 7.07. The second-order valence-corrected chi connectivity index (χ2v) is 5.36. The van der Waals surface area contributed by atoms with E-state index in [0.29, 0.717) is 18.0 Å². The Morgan fingerprint density at radius 2 is 2.45 bits per heavy atom. The summed E-state index contributed by atoms with van der Waals surface area (Å²) in [4.78, 5) is 13.6. The monoisotopic (exact) mass is 288 g/mol. The van der Waals surface area contributed by atoms with E-state index >= 15 is 0 Å². The van der Waals surface area contributed by atoms with Crippen LogP contribution < -0.4 is 11.1 Å². The van der Waals surface area contributed by atoms with E-state index in [2.05, 4.69) is 22.3 Å². The van der Waals surface area contributed by atoms with Gasteiger partial charge in [0.05, 0.1) is 22.8 Å². The molecule has 1 atom stereocenters. The number of carbonyl (C=O) groups excluding carboxylic acids is 1. The Balaban J connectivity index is 1.92. The van der Waals surface area contributed by atoms with Gasteiger partial charge in [0.1, 0.15) is 0 Å². The first-order valence-electron chi connectivity index (χ1n) is 6.26. The molecule has 104 valence electrons. The number of nitrogens with zero attached hydrogens (tertiary/aromatic N) is 2. The number of nitrogens with one attached hydrogen (secondary N) is 1. The maximum Gasteiger partial charge on any atom is 0.261 e. The van der Waals surface area contributed by atoms with Gasteiger partial charge in [0, 0.05) is 18.4 Å². The van der Waals surface area contributed by atoms with Gasteiger partial charge < -0.3 is 11.1 Å². The molecular formula is C14H16N4OS. The molecule has 0 bridgehead atoms. The van der Waals surface area contributed by atoms with Gasteiger partial charge in [-0.05, 0) is 25.1 Å². The average molecular weight is 288 g/mol. The smallest absolute Gasteiger partial charge is 0.261 e. The van der Waals surface area contributed by atoms with Crippen molar-refractivity contribution in [3.05, 3.63) is 40.3 Å². The van der Waals surface area contributed by atoms with Crippen molar-refractivity contribution in [2.24, 2.45) is 5.73 Å². The van der Waals surface area contributed by atoms with Crippen LogP contribution >= 0.6 is 11.3 Å². The molecule has 2 heterocycles. The van der Waals surface area contributed by atoms with Gasteiger partial charge in [-0.2, -0.15) is 5.10 Å². The van der Waals surface area contributed by atoms with Crippen LogP contribution in [0.3, 0.4) is 0 Å². The molecule has 0 fully saturated rings. The minimum Gasteiger partial charge on any atom is -0.347 e. The van der Waals surface area contributed by atoms with Gasteiger partial charge in [0.15, 0.2) is 0 Å². The summed E-state index contributed by atoms with van der Waals surface area (Å²) in [5, 5.41) is 7.05. The van der Waals surface area contributed by atoms with Gasteiger partial charge in [-0.25, -0.2) is 0 Å². The van der Waals surface area contributed by atoms with Crippen molar-refractivity contribution in [2.75, 3.05) is 6.54 Å². The molecule has 0 saturated heterocycles. The summed E-state index contributed by atoms with van der Waals surface area (Å²) >= 11 is 1.37. The van der Waals surface area contributed by atoms with Crippen molar-refractivity contribution >= 4 is 17.2 Å². The number of rotatable bonds is 4. The van der Waals surface area contributed by atoms with Gasteiger partial charge in [0.25, 0.3) is 5.91 Å². The normalized spacial score (nSPS) is 11.5. The molecule has 2 aromatic rings. The van der Waals surface area contributed by atoms with Crippen molar-refractivity contribution in [1.29, 1.82) is 0 Å². The first kappa shape index (κ1) is 14.3. The van der Waals surface area contributed by atoms with Gasteiger partial charge in [-0.3, -0.25) is 9.48 Å². The van der Waals surface area contributed by atoms with Crippen LogP contribution in [0.25, 0.3) is 0 Å². The predicted octanol–water partition coefficient (Wildman–Crippen LogP) is 1.07. The van der Waals surface area contributed by atoms with E-state index in [-0.39, 0.29) is 11.9 Å². The second-order valence-electron chi connectivity index (χ2n) is 4.27. The molecule has 1 amide bonds. The summed E-state index contributed by atoms with van der Waals surface area (Å²) in [6.45, 7) is 2.91. The maximum atomic E-state index is 12.1. The minimum absolute atomic E-state index is 0.00285. The van der Waals surface area contributed by atoms with Gasteiger partial charge >= 0.3 is 0 Å². The van der Waals surface area contributed by atoms with Crippen molar-refractivity contribution in [3.8, 4) is 11.8 Å². The molecule has 0 aliphatic rings. The third-order valence-corrected chi connectivity index (χ3v) is 3.54. The molecule has 0 radical (unpaired) electrons. The van der Waals surface area contributed by atoms with Crippen LogP contribution in [-0.4, -0.2) is 28.3 Å².